The molecule has 0 aromatic heterocycles. The van der Waals surface area contributed by atoms with E-state index >= 15 is 0 Å². The molecule has 0 unspecified atom stereocenters. The quantitative estimate of drug-likeness (QED) is 0.643. The van der Waals surface area contributed by atoms with E-state index in [0.29, 0.717) is 0 Å². The Bertz CT molecular complexity index is 293. The number of nitrogens with two attached hydrogens (primary N) is 1. The monoisotopic (exact) mass is 232 g/mol. The molecule has 0 spiro atoms. The molecule has 2 heteroatoms. The van der Waals surface area contributed by atoms with Crippen molar-refractivity contribution in [3.8, 4) is 0 Å². The van der Waals surface area contributed by atoms with Crippen molar-refractivity contribution in [3.63, 3.8) is 0 Å². The van der Waals surface area contributed by atoms with Crippen LogP contribution in [-0.2, 0) is 0 Å². The van der Waals surface area contributed by atoms with E-state index < -0.39 is 0 Å². The summed E-state index contributed by atoms with van der Waals surface area (Å²) in [5, 5.41) is 3.44. The van der Waals surface area contributed by atoms with Crippen LogP contribution in [0.25, 0.3) is 6.08 Å². The molecule has 0 atom stereocenters. The fourth-order valence-electron chi connectivity index (χ4n) is 1.67. The first kappa shape index (κ1) is 13.9. The van der Waals surface area contributed by atoms with Crippen LogP contribution in [0.5, 0.6) is 0 Å². The Balaban J connectivity index is 1.95. The van der Waals surface area contributed by atoms with E-state index in [9.17, 15) is 0 Å². The third kappa shape index (κ3) is 7.72. The van der Waals surface area contributed by atoms with Crippen LogP contribution in [0.3, 0.4) is 0 Å². The second-order valence-corrected chi connectivity index (χ2v) is 4.20. The van der Waals surface area contributed by atoms with Crippen molar-refractivity contribution < 1.29 is 0 Å². The summed E-state index contributed by atoms with van der Waals surface area (Å²) in [6.45, 7) is 2.99. The molecule has 1 aromatic carbocycles. The number of unbranched alkanes of at least 4 members (excludes halogenated alkanes) is 2. The highest BCUT2D eigenvalue weighted by Gasteiger charge is 1.88. The average molecular weight is 232 g/mol. The molecule has 0 fully saturated rings. The molecule has 2 nitrogen and oxygen atoms in total. The van der Waals surface area contributed by atoms with E-state index in [4.69, 9.17) is 5.73 Å². The molecule has 1 aromatic rings. The minimum absolute atomic E-state index is 0.819. The maximum Gasteiger partial charge on any atom is -0.00142 e. The van der Waals surface area contributed by atoms with Gasteiger partial charge in [-0.05, 0) is 44.5 Å². The number of benzene rings is 1. The third-order valence-electron chi connectivity index (χ3n) is 2.66. The van der Waals surface area contributed by atoms with Gasteiger partial charge in [-0.25, -0.2) is 0 Å². The molecule has 0 aliphatic carbocycles. The van der Waals surface area contributed by atoms with Crippen molar-refractivity contribution >= 4 is 6.08 Å². The molecule has 3 N–H and O–H groups in total. The van der Waals surface area contributed by atoms with Gasteiger partial charge in [-0.1, -0.05) is 48.9 Å². The summed E-state index contributed by atoms with van der Waals surface area (Å²) in [4.78, 5) is 0. The van der Waals surface area contributed by atoms with E-state index in [-0.39, 0.29) is 0 Å². The summed E-state index contributed by atoms with van der Waals surface area (Å²) in [5.74, 6) is 0. The number of hydrogen-bond acceptors (Lipinski definition) is 2. The topological polar surface area (TPSA) is 38.0 Å². The Hall–Kier alpha value is -1.12. The van der Waals surface area contributed by atoms with E-state index in [1.54, 1.807) is 0 Å². The van der Waals surface area contributed by atoms with E-state index in [2.05, 4.69) is 41.7 Å². The summed E-state index contributed by atoms with van der Waals surface area (Å²) in [6.07, 6.45) is 9.11. The standard InChI is InChI=1S/C15H24N2/c16-12-6-2-7-13-17-14-8-5-11-15-9-3-1-4-10-15/h1,3-5,9-11,17H,2,6-8,12-14,16H2. The summed E-state index contributed by atoms with van der Waals surface area (Å²) in [7, 11) is 0. The lowest BCUT2D eigenvalue weighted by Gasteiger charge is -2.01. The highest BCUT2D eigenvalue weighted by atomic mass is 14.8. The van der Waals surface area contributed by atoms with Gasteiger partial charge >= 0.3 is 0 Å². The molecule has 1 rings (SSSR count). The lowest BCUT2D eigenvalue weighted by molar-refractivity contribution is 0.610. The van der Waals surface area contributed by atoms with Crippen molar-refractivity contribution in [2.75, 3.05) is 19.6 Å². The number of nitrogens with one attached hydrogen (secondary N) is 1. The zero-order valence-electron chi connectivity index (χ0n) is 10.6. The highest BCUT2D eigenvalue weighted by Crippen LogP contribution is 2.01. The molecular formula is C15H24N2. The van der Waals surface area contributed by atoms with Crippen LogP contribution in [0.4, 0.5) is 0 Å². The summed E-state index contributed by atoms with van der Waals surface area (Å²) in [6, 6.07) is 10.4. The normalized spacial score (nSPS) is 11.1. The Labute approximate surface area is 105 Å². The molecular weight excluding hydrogens is 208 g/mol. The molecule has 0 amide bonds. The maximum absolute atomic E-state index is 5.43. The van der Waals surface area contributed by atoms with Gasteiger partial charge in [0.15, 0.2) is 0 Å². The second-order valence-electron chi connectivity index (χ2n) is 4.20. The summed E-state index contributed by atoms with van der Waals surface area (Å²) < 4.78 is 0. The van der Waals surface area contributed by atoms with Gasteiger partial charge in [0.05, 0.1) is 0 Å². The van der Waals surface area contributed by atoms with E-state index in [1.807, 2.05) is 6.07 Å². The van der Waals surface area contributed by atoms with Gasteiger partial charge in [0.25, 0.3) is 0 Å². The van der Waals surface area contributed by atoms with Crippen molar-refractivity contribution in [1.82, 2.24) is 5.32 Å². The van der Waals surface area contributed by atoms with Crippen molar-refractivity contribution in [3.05, 3.63) is 42.0 Å². The molecule has 0 saturated heterocycles. The van der Waals surface area contributed by atoms with Crippen LogP contribution in [0.2, 0.25) is 0 Å². The average Bonchev–Trinajstić information content (AvgIpc) is 2.38. The van der Waals surface area contributed by atoms with Gasteiger partial charge < -0.3 is 11.1 Å². The Kier molecular flexibility index (Phi) is 8.25. The smallest absolute Gasteiger partial charge is 0.00142 e. The van der Waals surface area contributed by atoms with Gasteiger partial charge in [0.2, 0.25) is 0 Å². The van der Waals surface area contributed by atoms with Gasteiger partial charge in [0, 0.05) is 0 Å². The zero-order valence-corrected chi connectivity index (χ0v) is 10.6. The number of hydrogen-bond donors (Lipinski definition) is 2. The number of rotatable bonds is 9. The van der Waals surface area contributed by atoms with Gasteiger partial charge in [-0.3, -0.25) is 0 Å². The fourth-order valence-corrected chi connectivity index (χ4v) is 1.67. The SMILES string of the molecule is NCCCCCNCCC=Cc1ccccc1. The summed E-state index contributed by atoms with van der Waals surface area (Å²) in [5.41, 5.74) is 6.71. The van der Waals surface area contributed by atoms with E-state index in [0.717, 1.165) is 32.5 Å². The minimum atomic E-state index is 0.819. The third-order valence-corrected chi connectivity index (χ3v) is 2.66. The van der Waals surface area contributed by atoms with E-state index in [1.165, 1.54) is 18.4 Å². The lowest BCUT2D eigenvalue weighted by Crippen LogP contribution is -2.16. The highest BCUT2D eigenvalue weighted by molar-refractivity contribution is 5.48. The van der Waals surface area contributed by atoms with Crippen LogP contribution >= 0.6 is 0 Å². The van der Waals surface area contributed by atoms with Gasteiger partial charge in [0.1, 0.15) is 0 Å². The first-order valence-electron chi connectivity index (χ1n) is 6.56. The first-order chi connectivity index (χ1) is 8.43. The second kappa shape index (κ2) is 10.1. The molecule has 0 bridgehead atoms. The molecule has 0 aliphatic rings. The van der Waals surface area contributed by atoms with Crippen molar-refractivity contribution in [2.24, 2.45) is 5.73 Å². The predicted molar refractivity (Wildman–Crippen MR) is 75.9 cm³/mol. The Morgan fingerprint density at radius 3 is 2.59 bits per heavy atom. The van der Waals surface area contributed by atoms with Crippen LogP contribution in [0, 0.1) is 0 Å². The molecule has 0 radical (unpaired) electrons. The predicted octanol–water partition coefficient (Wildman–Crippen LogP) is 2.81. The Morgan fingerprint density at radius 1 is 1.00 bits per heavy atom. The van der Waals surface area contributed by atoms with Crippen LogP contribution in [0.15, 0.2) is 36.4 Å². The largest absolute Gasteiger partial charge is 0.330 e. The zero-order chi connectivity index (χ0) is 12.2. The van der Waals surface area contributed by atoms with Crippen LogP contribution < -0.4 is 11.1 Å². The molecule has 17 heavy (non-hydrogen) atoms. The molecule has 0 aliphatic heterocycles. The Morgan fingerprint density at radius 2 is 1.82 bits per heavy atom. The molecule has 94 valence electrons. The minimum Gasteiger partial charge on any atom is -0.330 e. The van der Waals surface area contributed by atoms with Crippen LogP contribution in [0.1, 0.15) is 31.2 Å². The van der Waals surface area contributed by atoms with Crippen molar-refractivity contribution in [2.45, 2.75) is 25.7 Å². The van der Waals surface area contributed by atoms with Crippen LogP contribution in [-0.4, -0.2) is 19.6 Å². The fraction of sp³-hybridized carbons (Fsp3) is 0.467. The van der Waals surface area contributed by atoms with Crippen molar-refractivity contribution in [1.29, 1.82) is 0 Å². The molecule has 0 heterocycles. The molecule has 0 saturated carbocycles. The first-order valence-corrected chi connectivity index (χ1v) is 6.56. The lowest BCUT2D eigenvalue weighted by atomic mass is 10.2. The van der Waals surface area contributed by atoms with Gasteiger partial charge in [-0.15, -0.1) is 0 Å². The maximum atomic E-state index is 5.43. The van der Waals surface area contributed by atoms with Gasteiger partial charge in [-0.2, -0.15) is 0 Å². The summed E-state index contributed by atoms with van der Waals surface area (Å²) >= 11 is 0.